The smallest absolute Gasteiger partial charge is 0.246 e. The van der Waals surface area contributed by atoms with Crippen molar-refractivity contribution < 1.29 is 4.74 Å². The lowest BCUT2D eigenvalue weighted by Crippen LogP contribution is -2.33. The quantitative estimate of drug-likeness (QED) is 0.650. The predicted molar refractivity (Wildman–Crippen MR) is 59.4 cm³/mol. The largest absolute Gasteiger partial charge is 0.470 e. The molecule has 0 aromatic carbocycles. The number of nitrogens with zero attached hydrogens (tertiary/aromatic N) is 1. The SMILES string of the molecule is CC(C)SC1=NC(C)(C)C[C@@H](C)O1. The average molecular weight is 201 g/mol. The molecule has 0 amide bonds. The van der Waals surface area contributed by atoms with E-state index in [-0.39, 0.29) is 5.54 Å². The van der Waals surface area contributed by atoms with Gasteiger partial charge in [0.15, 0.2) is 0 Å². The highest BCUT2D eigenvalue weighted by Crippen LogP contribution is 2.28. The first-order chi connectivity index (χ1) is 5.89. The third kappa shape index (κ3) is 3.59. The van der Waals surface area contributed by atoms with Crippen molar-refractivity contribution in [2.24, 2.45) is 4.99 Å². The predicted octanol–water partition coefficient (Wildman–Crippen LogP) is 3.07. The second kappa shape index (κ2) is 3.91. The van der Waals surface area contributed by atoms with Gasteiger partial charge in [-0.25, -0.2) is 4.99 Å². The zero-order valence-electron chi connectivity index (χ0n) is 9.13. The molecule has 13 heavy (non-hydrogen) atoms. The lowest BCUT2D eigenvalue weighted by atomic mass is 9.98. The van der Waals surface area contributed by atoms with Crippen molar-refractivity contribution in [3.8, 4) is 0 Å². The van der Waals surface area contributed by atoms with Gasteiger partial charge in [-0.3, -0.25) is 0 Å². The fourth-order valence-electron chi connectivity index (χ4n) is 1.49. The normalized spacial score (nSPS) is 26.9. The van der Waals surface area contributed by atoms with Crippen LogP contribution in [0.2, 0.25) is 0 Å². The minimum absolute atomic E-state index is 0.0505. The van der Waals surface area contributed by atoms with E-state index in [1.807, 2.05) is 0 Å². The maximum absolute atomic E-state index is 5.65. The summed E-state index contributed by atoms with van der Waals surface area (Å²) in [5.41, 5.74) is 0.0505. The molecule has 0 radical (unpaired) electrons. The number of ether oxygens (including phenoxy) is 1. The van der Waals surface area contributed by atoms with Gasteiger partial charge in [-0.05, 0) is 20.8 Å². The molecule has 1 rings (SSSR count). The monoisotopic (exact) mass is 201 g/mol. The van der Waals surface area contributed by atoms with Crippen molar-refractivity contribution in [1.29, 1.82) is 0 Å². The minimum Gasteiger partial charge on any atom is -0.470 e. The lowest BCUT2D eigenvalue weighted by molar-refractivity contribution is 0.152. The van der Waals surface area contributed by atoms with Gasteiger partial charge in [-0.2, -0.15) is 0 Å². The van der Waals surface area contributed by atoms with E-state index in [9.17, 15) is 0 Å². The maximum Gasteiger partial charge on any atom is 0.246 e. The lowest BCUT2D eigenvalue weighted by Gasteiger charge is -2.31. The molecule has 1 heterocycles. The number of hydrogen-bond donors (Lipinski definition) is 0. The van der Waals surface area contributed by atoms with E-state index in [1.54, 1.807) is 11.8 Å². The molecule has 3 heteroatoms. The zero-order chi connectivity index (χ0) is 10.1. The topological polar surface area (TPSA) is 21.6 Å². The summed E-state index contributed by atoms with van der Waals surface area (Å²) < 4.78 is 5.65. The first-order valence-electron chi connectivity index (χ1n) is 4.82. The summed E-state index contributed by atoms with van der Waals surface area (Å²) in [5, 5.41) is 1.40. The molecule has 76 valence electrons. The van der Waals surface area contributed by atoms with E-state index in [1.165, 1.54) is 0 Å². The summed E-state index contributed by atoms with van der Waals surface area (Å²) >= 11 is 1.71. The van der Waals surface area contributed by atoms with Gasteiger partial charge in [0.1, 0.15) is 6.10 Å². The molecule has 0 aromatic rings. The summed E-state index contributed by atoms with van der Waals surface area (Å²) in [6, 6.07) is 0. The Morgan fingerprint density at radius 1 is 1.54 bits per heavy atom. The molecule has 0 bridgehead atoms. The van der Waals surface area contributed by atoms with Gasteiger partial charge in [-0.1, -0.05) is 25.6 Å². The molecular formula is C10H19NOS. The Hall–Kier alpha value is -0.180. The van der Waals surface area contributed by atoms with Crippen LogP contribution in [0, 0.1) is 0 Å². The molecule has 0 fully saturated rings. The Kier molecular flexibility index (Phi) is 3.28. The maximum atomic E-state index is 5.65. The minimum atomic E-state index is 0.0505. The Morgan fingerprint density at radius 3 is 2.62 bits per heavy atom. The average Bonchev–Trinajstić information content (AvgIpc) is 1.78. The molecule has 0 aromatic heterocycles. The van der Waals surface area contributed by atoms with Gasteiger partial charge in [0, 0.05) is 11.7 Å². The second-order valence-electron chi connectivity index (χ2n) is 4.49. The molecule has 1 atom stereocenters. The van der Waals surface area contributed by atoms with Crippen molar-refractivity contribution in [2.75, 3.05) is 0 Å². The Balaban J connectivity index is 2.67. The third-order valence-electron chi connectivity index (χ3n) is 1.82. The highest BCUT2D eigenvalue weighted by Gasteiger charge is 2.28. The van der Waals surface area contributed by atoms with Crippen LogP contribution in [0.15, 0.2) is 4.99 Å². The molecule has 0 aliphatic carbocycles. The van der Waals surface area contributed by atoms with Crippen molar-refractivity contribution in [3.63, 3.8) is 0 Å². The van der Waals surface area contributed by atoms with Gasteiger partial charge >= 0.3 is 0 Å². The Labute approximate surface area is 85.1 Å². The molecule has 0 N–H and O–H groups in total. The van der Waals surface area contributed by atoms with Gasteiger partial charge in [0.05, 0.1) is 5.54 Å². The molecule has 2 nitrogen and oxygen atoms in total. The fraction of sp³-hybridized carbons (Fsp3) is 0.900. The van der Waals surface area contributed by atoms with Gasteiger partial charge in [0.2, 0.25) is 5.23 Å². The molecule has 0 saturated carbocycles. The van der Waals surface area contributed by atoms with Crippen molar-refractivity contribution in [2.45, 2.75) is 57.9 Å². The van der Waals surface area contributed by atoms with Crippen molar-refractivity contribution in [3.05, 3.63) is 0 Å². The van der Waals surface area contributed by atoms with Gasteiger partial charge in [0.25, 0.3) is 0 Å². The third-order valence-corrected chi connectivity index (χ3v) is 2.68. The van der Waals surface area contributed by atoms with Crippen LogP contribution in [-0.2, 0) is 4.74 Å². The van der Waals surface area contributed by atoms with E-state index in [0.29, 0.717) is 11.4 Å². The second-order valence-corrected chi connectivity index (χ2v) is 6.02. The van der Waals surface area contributed by atoms with Gasteiger partial charge in [-0.15, -0.1) is 0 Å². The molecule has 1 aliphatic heterocycles. The molecule has 0 spiro atoms. The Bertz CT molecular complexity index is 211. The summed E-state index contributed by atoms with van der Waals surface area (Å²) in [4.78, 5) is 4.56. The van der Waals surface area contributed by atoms with E-state index in [0.717, 1.165) is 11.7 Å². The van der Waals surface area contributed by atoms with Crippen LogP contribution in [0.1, 0.15) is 41.0 Å². The molecule has 1 aliphatic rings. The van der Waals surface area contributed by atoms with Crippen LogP contribution < -0.4 is 0 Å². The highest BCUT2D eigenvalue weighted by atomic mass is 32.2. The summed E-state index contributed by atoms with van der Waals surface area (Å²) in [5.74, 6) is 0. The number of rotatable bonds is 1. The highest BCUT2D eigenvalue weighted by molar-refractivity contribution is 8.14. The van der Waals surface area contributed by atoms with E-state index in [4.69, 9.17) is 4.74 Å². The molecular weight excluding hydrogens is 182 g/mol. The summed E-state index contributed by atoms with van der Waals surface area (Å²) in [7, 11) is 0. The van der Waals surface area contributed by atoms with E-state index < -0.39 is 0 Å². The van der Waals surface area contributed by atoms with Crippen LogP contribution >= 0.6 is 11.8 Å². The van der Waals surface area contributed by atoms with Crippen LogP contribution in [0.5, 0.6) is 0 Å². The van der Waals surface area contributed by atoms with Crippen molar-refractivity contribution >= 4 is 17.0 Å². The van der Waals surface area contributed by atoms with Crippen LogP contribution in [-0.4, -0.2) is 22.1 Å². The first-order valence-corrected chi connectivity index (χ1v) is 5.70. The standard InChI is InChI=1S/C10H19NOS/c1-7(2)13-9-11-10(4,5)6-8(3)12-9/h7-8H,6H2,1-5H3/t8-/m1/s1. The molecule has 0 unspecified atom stereocenters. The summed E-state index contributed by atoms with van der Waals surface area (Å²) in [6.45, 7) is 10.7. The number of hydrogen-bond acceptors (Lipinski definition) is 3. The number of aliphatic imine (C=N–C) groups is 1. The fourth-order valence-corrected chi connectivity index (χ4v) is 2.42. The van der Waals surface area contributed by atoms with Crippen molar-refractivity contribution in [1.82, 2.24) is 0 Å². The van der Waals surface area contributed by atoms with Crippen LogP contribution in [0.4, 0.5) is 0 Å². The van der Waals surface area contributed by atoms with E-state index in [2.05, 4.69) is 39.6 Å². The van der Waals surface area contributed by atoms with Gasteiger partial charge < -0.3 is 4.74 Å². The first kappa shape index (κ1) is 10.9. The van der Waals surface area contributed by atoms with Crippen LogP contribution in [0.25, 0.3) is 0 Å². The Morgan fingerprint density at radius 2 is 2.15 bits per heavy atom. The number of thioether (sulfide) groups is 1. The van der Waals surface area contributed by atoms with Crippen LogP contribution in [0.3, 0.4) is 0 Å². The zero-order valence-corrected chi connectivity index (χ0v) is 9.94. The van der Waals surface area contributed by atoms with E-state index >= 15 is 0 Å². The molecule has 0 saturated heterocycles. The summed E-state index contributed by atoms with van der Waals surface area (Å²) in [6.07, 6.45) is 1.31.